The fourth-order valence-electron chi connectivity index (χ4n) is 2.94. The predicted octanol–water partition coefficient (Wildman–Crippen LogP) is 1.01. The summed E-state index contributed by atoms with van der Waals surface area (Å²) < 4.78 is 0. The normalized spacial score (nSPS) is 22.1. The summed E-state index contributed by atoms with van der Waals surface area (Å²) >= 11 is 0. The second-order valence-corrected chi connectivity index (χ2v) is 7.08. The van der Waals surface area contributed by atoms with Gasteiger partial charge in [-0.25, -0.2) is 0 Å². The van der Waals surface area contributed by atoms with Crippen LogP contribution >= 0.6 is 0 Å². The summed E-state index contributed by atoms with van der Waals surface area (Å²) in [6.45, 7) is 11.4. The number of likely N-dealkylation sites (N-methyl/N-ethyl adjacent to an activating group) is 1. The van der Waals surface area contributed by atoms with E-state index >= 15 is 0 Å². The first-order valence-corrected chi connectivity index (χ1v) is 7.61. The maximum Gasteiger partial charge on any atom is 0.0869 e. The molecule has 1 atom stereocenters. The Labute approximate surface area is 119 Å². The van der Waals surface area contributed by atoms with Crippen molar-refractivity contribution >= 4 is 0 Å². The first-order valence-electron chi connectivity index (χ1n) is 7.61. The molecule has 19 heavy (non-hydrogen) atoms. The Kier molecular flexibility index (Phi) is 6.74. The summed E-state index contributed by atoms with van der Waals surface area (Å²) in [6.07, 6.45) is 2.40. The molecular formula is C15H33N3O. The van der Waals surface area contributed by atoms with Gasteiger partial charge in [0.05, 0.1) is 5.60 Å². The van der Waals surface area contributed by atoms with Crippen LogP contribution in [0.4, 0.5) is 0 Å². The Morgan fingerprint density at radius 2 is 1.89 bits per heavy atom. The van der Waals surface area contributed by atoms with Crippen LogP contribution in [0.15, 0.2) is 0 Å². The molecule has 1 rings (SSSR count). The number of nitrogens with one attached hydrogen (secondary N) is 1. The van der Waals surface area contributed by atoms with E-state index in [0.717, 1.165) is 5.92 Å². The first kappa shape index (κ1) is 16.9. The molecule has 0 bridgehead atoms. The molecule has 1 saturated heterocycles. The molecule has 0 aromatic rings. The molecule has 0 aliphatic carbocycles. The fraction of sp³-hybridized carbons (Fsp3) is 1.00. The maximum atomic E-state index is 10.3. The van der Waals surface area contributed by atoms with Gasteiger partial charge in [0.25, 0.3) is 0 Å². The number of piperidine rings is 1. The van der Waals surface area contributed by atoms with Gasteiger partial charge >= 0.3 is 0 Å². The minimum absolute atomic E-state index is 0.567. The summed E-state index contributed by atoms with van der Waals surface area (Å²) in [5.41, 5.74) is -0.640. The first-order chi connectivity index (χ1) is 8.78. The summed E-state index contributed by atoms with van der Waals surface area (Å²) in [5.74, 6) is 0.755. The van der Waals surface area contributed by atoms with E-state index in [0.29, 0.717) is 19.1 Å². The van der Waals surface area contributed by atoms with Gasteiger partial charge in [0.15, 0.2) is 0 Å². The van der Waals surface area contributed by atoms with Gasteiger partial charge in [-0.1, -0.05) is 13.8 Å². The van der Waals surface area contributed by atoms with E-state index in [1.54, 1.807) is 0 Å². The van der Waals surface area contributed by atoms with Gasteiger partial charge in [-0.3, -0.25) is 0 Å². The van der Waals surface area contributed by atoms with Crippen molar-refractivity contribution in [1.82, 2.24) is 15.1 Å². The molecule has 2 N–H and O–H groups in total. The molecule has 0 spiro atoms. The van der Waals surface area contributed by atoms with E-state index < -0.39 is 5.60 Å². The van der Waals surface area contributed by atoms with E-state index in [1.165, 1.54) is 32.5 Å². The number of aliphatic hydroxyl groups is 1. The van der Waals surface area contributed by atoms with Crippen LogP contribution in [0.3, 0.4) is 0 Å². The van der Waals surface area contributed by atoms with Crippen molar-refractivity contribution in [3.05, 3.63) is 0 Å². The highest BCUT2D eigenvalue weighted by atomic mass is 16.3. The zero-order valence-electron chi connectivity index (χ0n) is 13.4. The number of rotatable bonds is 7. The predicted molar refractivity (Wildman–Crippen MR) is 81.5 cm³/mol. The minimum Gasteiger partial charge on any atom is -0.388 e. The van der Waals surface area contributed by atoms with Crippen molar-refractivity contribution < 1.29 is 5.11 Å². The topological polar surface area (TPSA) is 38.7 Å². The minimum atomic E-state index is -0.640. The van der Waals surface area contributed by atoms with Crippen LogP contribution in [0, 0.1) is 5.92 Å². The van der Waals surface area contributed by atoms with Gasteiger partial charge in [-0.15, -0.1) is 0 Å². The molecule has 114 valence electrons. The lowest BCUT2D eigenvalue weighted by Crippen LogP contribution is -2.51. The molecule has 1 heterocycles. The average molecular weight is 271 g/mol. The Bertz CT molecular complexity index is 246. The summed E-state index contributed by atoms with van der Waals surface area (Å²) in [5, 5.41) is 13.8. The van der Waals surface area contributed by atoms with Crippen LogP contribution in [-0.4, -0.2) is 73.4 Å². The SMILES string of the molecule is CC(C)CN1CCC(NCC(C)(O)CN(C)C)CC1. The molecule has 4 heteroatoms. The van der Waals surface area contributed by atoms with E-state index in [9.17, 15) is 5.11 Å². The van der Waals surface area contributed by atoms with E-state index in [1.807, 2.05) is 25.9 Å². The molecule has 1 fully saturated rings. The highest BCUT2D eigenvalue weighted by Gasteiger charge is 2.24. The highest BCUT2D eigenvalue weighted by molar-refractivity contribution is 4.83. The van der Waals surface area contributed by atoms with Crippen molar-refractivity contribution in [3.8, 4) is 0 Å². The van der Waals surface area contributed by atoms with E-state index in [2.05, 4.69) is 24.1 Å². The second kappa shape index (κ2) is 7.58. The number of hydrogen-bond acceptors (Lipinski definition) is 4. The number of nitrogens with zero attached hydrogens (tertiary/aromatic N) is 2. The van der Waals surface area contributed by atoms with Crippen LogP contribution in [0.5, 0.6) is 0 Å². The highest BCUT2D eigenvalue weighted by Crippen LogP contribution is 2.13. The van der Waals surface area contributed by atoms with Crippen LogP contribution in [0.2, 0.25) is 0 Å². The molecule has 1 unspecified atom stereocenters. The van der Waals surface area contributed by atoms with Gasteiger partial charge in [0.2, 0.25) is 0 Å². The van der Waals surface area contributed by atoms with Crippen LogP contribution < -0.4 is 5.32 Å². The lowest BCUT2D eigenvalue weighted by Gasteiger charge is -2.35. The molecule has 4 nitrogen and oxygen atoms in total. The third kappa shape index (κ3) is 7.25. The zero-order chi connectivity index (χ0) is 14.5. The Morgan fingerprint density at radius 3 is 2.37 bits per heavy atom. The quantitative estimate of drug-likeness (QED) is 0.725. The summed E-state index contributed by atoms with van der Waals surface area (Å²) in [7, 11) is 4.00. The van der Waals surface area contributed by atoms with Crippen molar-refractivity contribution in [2.24, 2.45) is 5.92 Å². The van der Waals surface area contributed by atoms with Crippen molar-refractivity contribution in [2.75, 3.05) is 46.8 Å². The largest absolute Gasteiger partial charge is 0.388 e. The molecule has 1 aliphatic heterocycles. The van der Waals surface area contributed by atoms with Crippen molar-refractivity contribution in [2.45, 2.75) is 45.3 Å². The molecule has 0 radical (unpaired) electrons. The van der Waals surface area contributed by atoms with Crippen molar-refractivity contribution in [3.63, 3.8) is 0 Å². The smallest absolute Gasteiger partial charge is 0.0869 e. The average Bonchev–Trinajstić information content (AvgIpc) is 2.25. The maximum absolute atomic E-state index is 10.3. The third-order valence-electron chi connectivity index (χ3n) is 3.64. The molecule has 0 aromatic carbocycles. The van der Waals surface area contributed by atoms with Gasteiger partial charge < -0.3 is 20.2 Å². The standard InChI is InChI=1S/C15H33N3O/c1-13(2)10-18-8-6-14(7-9-18)16-11-15(3,19)12-17(4)5/h13-14,16,19H,6-12H2,1-5H3. The fourth-order valence-corrected chi connectivity index (χ4v) is 2.94. The molecular weight excluding hydrogens is 238 g/mol. The van der Waals surface area contributed by atoms with Crippen LogP contribution in [-0.2, 0) is 0 Å². The number of likely N-dealkylation sites (tertiary alicyclic amines) is 1. The molecule has 0 saturated carbocycles. The Hall–Kier alpha value is -0.160. The van der Waals surface area contributed by atoms with Gasteiger partial charge in [-0.2, -0.15) is 0 Å². The molecule has 0 aromatic heterocycles. The van der Waals surface area contributed by atoms with Gasteiger partial charge in [0, 0.05) is 25.7 Å². The lowest BCUT2D eigenvalue weighted by atomic mass is 10.0. The molecule has 1 aliphatic rings. The molecule has 0 amide bonds. The zero-order valence-corrected chi connectivity index (χ0v) is 13.4. The van der Waals surface area contributed by atoms with Gasteiger partial charge in [-0.05, 0) is 52.9 Å². The van der Waals surface area contributed by atoms with E-state index in [4.69, 9.17) is 0 Å². The van der Waals surface area contributed by atoms with Gasteiger partial charge in [0.1, 0.15) is 0 Å². The number of hydrogen-bond donors (Lipinski definition) is 2. The third-order valence-corrected chi connectivity index (χ3v) is 3.64. The second-order valence-electron chi connectivity index (χ2n) is 7.08. The summed E-state index contributed by atoms with van der Waals surface area (Å²) in [4.78, 5) is 4.59. The van der Waals surface area contributed by atoms with E-state index in [-0.39, 0.29) is 0 Å². The Balaban J connectivity index is 2.22. The monoisotopic (exact) mass is 271 g/mol. The van der Waals surface area contributed by atoms with Crippen LogP contribution in [0.1, 0.15) is 33.6 Å². The van der Waals surface area contributed by atoms with Crippen LogP contribution in [0.25, 0.3) is 0 Å². The lowest BCUT2D eigenvalue weighted by molar-refractivity contribution is 0.0286. The Morgan fingerprint density at radius 1 is 1.32 bits per heavy atom. The van der Waals surface area contributed by atoms with Crippen molar-refractivity contribution in [1.29, 1.82) is 0 Å². The summed E-state index contributed by atoms with van der Waals surface area (Å²) in [6, 6.07) is 0.567.